The van der Waals surface area contributed by atoms with Crippen LogP contribution >= 0.6 is 11.8 Å². The lowest BCUT2D eigenvalue weighted by Crippen LogP contribution is -2.08. The zero-order chi connectivity index (χ0) is 12.4. The second-order valence-electron chi connectivity index (χ2n) is 4.87. The van der Waals surface area contributed by atoms with Gasteiger partial charge in [-0.15, -0.1) is 0 Å². The summed E-state index contributed by atoms with van der Waals surface area (Å²) >= 11 is 1.92. The summed E-state index contributed by atoms with van der Waals surface area (Å²) in [5.74, 6) is 0.596. The van der Waals surface area contributed by atoms with E-state index >= 15 is 0 Å². The third kappa shape index (κ3) is 2.08. The van der Waals surface area contributed by atoms with Crippen molar-refractivity contribution < 1.29 is 0 Å². The van der Waals surface area contributed by atoms with Crippen molar-refractivity contribution in [3.05, 3.63) is 59.7 Å². The molecule has 0 nitrogen and oxygen atoms in total. The zero-order valence-corrected chi connectivity index (χ0v) is 11.5. The first kappa shape index (κ1) is 11.9. The van der Waals surface area contributed by atoms with Crippen LogP contribution in [0.4, 0.5) is 0 Å². The molecule has 0 amide bonds. The van der Waals surface area contributed by atoms with Crippen molar-refractivity contribution in [2.75, 3.05) is 0 Å². The van der Waals surface area contributed by atoms with E-state index in [0.717, 1.165) is 0 Å². The number of hydrogen-bond donors (Lipinski definition) is 0. The van der Waals surface area contributed by atoms with E-state index < -0.39 is 0 Å². The summed E-state index contributed by atoms with van der Waals surface area (Å²) < 4.78 is 0. The minimum atomic E-state index is 0.596. The molecule has 1 heterocycles. The Bertz CT molecular complexity index is 499. The fraction of sp³-hybridized carbons (Fsp3) is 0.294. The molecule has 0 atom stereocenters. The van der Waals surface area contributed by atoms with Gasteiger partial charge < -0.3 is 0 Å². The van der Waals surface area contributed by atoms with Crippen LogP contribution in [0.2, 0.25) is 0 Å². The van der Waals surface area contributed by atoms with Gasteiger partial charge >= 0.3 is 0 Å². The van der Waals surface area contributed by atoms with Gasteiger partial charge in [-0.3, -0.25) is 0 Å². The Labute approximate surface area is 113 Å². The highest BCUT2D eigenvalue weighted by Gasteiger charge is 2.24. The van der Waals surface area contributed by atoms with Crippen LogP contribution in [0.25, 0.3) is 0 Å². The van der Waals surface area contributed by atoms with Crippen LogP contribution in [-0.4, -0.2) is 0 Å². The molecule has 0 fully saturated rings. The Morgan fingerprint density at radius 1 is 0.889 bits per heavy atom. The summed E-state index contributed by atoms with van der Waals surface area (Å²) in [4.78, 5) is 2.88. The van der Waals surface area contributed by atoms with E-state index in [-0.39, 0.29) is 0 Å². The van der Waals surface area contributed by atoms with E-state index in [9.17, 15) is 0 Å². The lowest BCUT2D eigenvalue weighted by molar-refractivity contribution is 0.632. The molecule has 0 spiro atoms. The molecule has 0 N–H and O–H groups in total. The van der Waals surface area contributed by atoms with E-state index in [4.69, 9.17) is 0 Å². The van der Waals surface area contributed by atoms with Gasteiger partial charge in [0.15, 0.2) is 0 Å². The smallest absolute Gasteiger partial charge is 0.0160 e. The maximum absolute atomic E-state index is 2.30. The molecule has 1 aliphatic rings. The van der Waals surface area contributed by atoms with Crippen LogP contribution in [0.15, 0.2) is 58.3 Å². The monoisotopic (exact) mass is 254 g/mol. The van der Waals surface area contributed by atoms with Crippen LogP contribution in [0, 0.1) is 0 Å². The van der Waals surface area contributed by atoms with Gasteiger partial charge in [-0.05, 0) is 29.7 Å². The highest BCUT2D eigenvalue weighted by atomic mass is 32.2. The molecular formula is C17H18S. The Hall–Kier alpha value is -1.21. The molecule has 2 aromatic carbocycles. The van der Waals surface area contributed by atoms with Gasteiger partial charge in [0.2, 0.25) is 0 Å². The number of rotatable bonds is 3. The first-order valence-corrected chi connectivity index (χ1v) is 7.57. The Morgan fingerprint density at radius 2 is 1.44 bits per heavy atom. The van der Waals surface area contributed by atoms with Crippen LogP contribution in [-0.2, 0) is 0 Å². The van der Waals surface area contributed by atoms with Crippen LogP contribution in [0.5, 0.6) is 0 Å². The number of benzene rings is 2. The molecule has 0 radical (unpaired) electrons. The summed E-state index contributed by atoms with van der Waals surface area (Å²) in [7, 11) is 0. The van der Waals surface area contributed by atoms with Crippen molar-refractivity contribution in [3.8, 4) is 0 Å². The molecule has 0 bridgehead atoms. The molecule has 0 saturated heterocycles. The molecule has 0 unspecified atom stereocenters. The van der Waals surface area contributed by atoms with Gasteiger partial charge in [0.1, 0.15) is 0 Å². The molecule has 18 heavy (non-hydrogen) atoms. The molecule has 1 aliphatic heterocycles. The van der Waals surface area contributed by atoms with Crippen molar-refractivity contribution >= 4 is 11.8 Å². The minimum absolute atomic E-state index is 0.596. The largest absolute Gasteiger partial charge is 0.0895 e. The lowest BCUT2D eigenvalue weighted by atomic mass is 9.86. The molecule has 2 aromatic rings. The van der Waals surface area contributed by atoms with Crippen molar-refractivity contribution in [1.82, 2.24) is 0 Å². The highest BCUT2D eigenvalue weighted by Crippen LogP contribution is 2.47. The highest BCUT2D eigenvalue weighted by molar-refractivity contribution is 7.99. The van der Waals surface area contributed by atoms with Crippen molar-refractivity contribution in [1.29, 1.82) is 0 Å². The predicted molar refractivity (Wildman–Crippen MR) is 78.4 cm³/mol. The fourth-order valence-corrected chi connectivity index (χ4v) is 3.91. The van der Waals surface area contributed by atoms with Gasteiger partial charge in [-0.25, -0.2) is 0 Å². The molecule has 3 rings (SSSR count). The predicted octanol–water partition coefficient (Wildman–Crippen LogP) is 5.47. The summed E-state index contributed by atoms with van der Waals surface area (Å²) in [6.07, 6.45) is 3.84. The molecular weight excluding hydrogens is 236 g/mol. The number of unbranched alkanes of at least 4 members (excludes halogenated alkanes) is 1. The van der Waals surface area contributed by atoms with Crippen molar-refractivity contribution in [2.24, 2.45) is 0 Å². The van der Waals surface area contributed by atoms with Gasteiger partial charge in [0.25, 0.3) is 0 Å². The Morgan fingerprint density at radius 3 is 2.00 bits per heavy atom. The van der Waals surface area contributed by atoms with Gasteiger partial charge in [0.05, 0.1) is 0 Å². The quantitative estimate of drug-likeness (QED) is 0.699. The van der Waals surface area contributed by atoms with Crippen LogP contribution < -0.4 is 0 Å². The van der Waals surface area contributed by atoms with Gasteiger partial charge in [-0.2, -0.15) is 0 Å². The van der Waals surface area contributed by atoms with E-state index in [0.29, 0.717) is 5.92 Å². The SMILES string of the molecule is CCCCC1c2ccccc2Sc2ccccc21. The summed E-state index contributed by atoms with van der Waals surface area (Å²) in [5.41, 5.74) is 3.05. The third-order valence-corrected chi connectivity index (χ3v) is 4.84. The van der Waals surface area contributed by atoms with Crippen LogP contribution in [0.1, 0.15) is 43.2 Å². The molecule has 0 saturated carbocycles. The maximum Gasteiger partial charge on any atom is 0.0160 e. The number of fused-ring (bicyclic) bond motifs is 2. The summed E-state index contributed by atoms with van der Waals surface area (Å²) in [6.45, 7) is 2.27. The topological polar surface area (TPSA) is 0 Å². The van der Waals surface area contributed by atoms with Crippen molar-refractivity contribution in [2.45, 2.75) is 41.9 Å². The Balaban J connectivity index is 2.05. The fourth-order valence-electron chi connectivity index (χ4n) is 2.73. The second kappa shape index (κ2) is 5.19. The van der Waals surface area contributed by atoms with E-state index in [1.54, 1.807) is 0 Å². The molecule has 0 aliphatic carbocycles. The molecule has 92 valence electrons. The molecule has 1 heteroatoms. The standard InChI is InChI=1S/C17H18S/c1-2-3-8-13-14-9-4-6-11-16(14)18-17-12-7-5-10-15(13)17/h4-7,9-13H,2-3,8H2,1H3. The molecule has 0 aromatic heterocycles. The average Bonchev–Trinajstić information content (AvgIpc) is 2.43. The Kier molecular flexibility index (Phi) is 3.42. The first-order valence-electron chi connectivity index (χ1n) is 6.76. The minimum Gasteiger partial charge on any atom is -0.0895 e. The van der Waals surface area contributed by atoms with Crippen molar-refractivity contribution in [3.63, 3.8) is 0 Å². The number of hydrogen-bond acceptors (Lipinski definition) is 1. The third-order valence-electron chi connectivity index (χ3n) is 3.66. The average molecular weight is 254 g/mol. The lowest BCUT2D eigenvalue weighted by Gasteiger charge is -2.27. The maximum atomic E-state index is 2.30. The van der Waals surface area contributed by atoms with E-state index in [1.165, 1.54) is 40.2 Å². The normalized spacial score (nSPS) is 14.1. The van der Waals surface area contributed by atoms with E-state index in [1.807, 2.05) is 11.8 Å². The van der Waals surface area contributed by atoms with Crippen LogP contribution in [0.3, 0.4) is 0 Å². The summed E-state index contributed by atoms with van der Waals surface area (Å²) in [6, 6.07) is 17.8. The second-order valence-corrected chi connectivity index (χ2v) is 5.96. The van der Waals surface area contributed by atoms with Gasteiger partial charge in [-0.1, -0.05) is 67.9 Å². The van der Waals surface area contributed by atoms with Gasteiger partial charge in [0, 0.05) is 15.7 Å². The van der Waals surface area contributed by atoms with E-state index in [2.05, 4.69) is 55.5 Å². The summed E-state index contributed by atoms with van der Waals surface area (Å²) in [5, 5.41) is 0. The zero-order valence-electron chi connectivity index (χ0n) is 10.7. The first-order chi connectivity index (χ1) is 8.90.